The highest BCUT2D eigenvalue weighted by Crippen LogP contribution is 2.32. The maximum absolute atomic E-state index is 5.73. The predicted molar refractivity (Wildman–Crippen MR) is 80.6 cm³/mol. The molecule has 0 radical (unpaired) electrons. The number of hydrogen-bond acceptors (Lipinski definition) is 4. The first-order chi connectivity index (χ1) is 9.17. The molecule has 0 aliphatic carbocycles. The van der Waals surface area contributed by atoms with E-state index >= 15 is 0 Å². The van der Waals surface area contributed by atoms with E-state index in [-0.39, 0.29) is 6.04 Å². The molecule has 2 rings (SSSR count). The zero-order valence-electron chi connectivity index (χ0n) is 11.6. The van der Waals surface area contributed by atoms with Gasteiger partial charge in [0.25, 0.3) is 0 Å². The molecule has 1 atom stereocenters. The van der Waals surface area contributed by atoms with Gasteiger partial charge in [0, 0.05) is 16.9 Å². The van der Waals surface area contributed by atoms with Crippen LogP contribution in [-0.4, -0.2) is 7.11 Å². The Morgan fingerprint density at radius 2 is 2.11 bits per heavy atom. The Labute approximate surface area is 118 Å². The Kier molecular flexibility index (Phi) is 4.58. The van der Waals surface area contributed by atoms with Crippen LogP contribution in [0.4, 0.5) is 0 Å². The van der Waals surface area contributed by atoms with Gasteiger partial charge in [0.05, 0.1) is 13.2 Å². The summed E-state index contributed by atoms with van der Waals surface area (Å²) in [5.41, 5.74) is 6.42. The van der Waals surface area contributed by atoms with E-state index in [0.717, 1.165) is 17.7 Å². The van der Waals surface area contributed by atoms with Crippen LogP contribution in [0.3, 0.4) is 0 Å². The Morgan fingerprint density at radius 1 is 1.32 bits per heavy atom. The molecular formula is C15H20N2OS. The number of nitrogens with one attached hydrogen (secondary N) is 1. The van der Waals surface area contributed by atoms with E-state index in [4.69, 9.17) is 10.6 Å². The van der Waals surface area contributed by atoms with Gasteiger partial charge in [0.2, 0.25) is 0 Å². The number of methoxy groups -OCH3 is 1. The molecule has 0 saturated heterocycles. The van der Waals surface area contributed by atoms with Crippen LogP contribution in [0.15, 0.2) is 29.6 Å². The number of ether oxygens (including phenoxy) is 1. The molecule has 1 heterocycles. The van der Waals surface area contributed by atoms with E-state index in [9.17, 15) is 0 Å². The number of hydrogen-bond donors (Lipinski definition) is 2. The molecular weight excluding hydrogens is 256 g/mol. The summed E-state index contributed by atoms with van der Waals surface area (Å²) in [4.78, 5) is 1.31. The zero-order chi connectivity index (χ0) is 13.8. The minimum absolute atomic E-state index is 0.0629. The van der Waals surface area contributed by atoms with Crippen molar-refractivity contribution in [3.05, 3.63) is 51.2 Å². The average molecular weight is 276 g/mol. The molecule has 0 aliphatic heterocycles. The molecule has 1 unspecified atom stereocenters. The highest BCUT2D eigenvalue weighted by Gasteiger charge is 2.18. The molecule has 0 fully saturated rings. The fourth-order valence-electron chi connectivity index (χ4n) is 2.24. The summed E-state index contributed by atoms with van der Waals surface area (Å²) in [6.07, 6.45) is 0.868. The molecule has 0 amide bonds. The minimum Gasteiger partial charge on any atom is -0.496 e. The Morgan fingerprint density at radius 3 is 2.68 bits per heavy atom. The van der Waals surface area contributed by atoms with Crippen molar-refractivity contribution in [3.8, 4) is 5.75 Å². The summed E-state index contributed by atoms with van der Waals surface area (Å²) in [7, 11) is 1.71. The second-order valence-corrected chi connectivity index (χ2v) is 5.66. The van der Waals surface area contributed by atoms with Gasteiger partial charge in [-0.2, -0.15) is 0 Å². The quantitative estimate of drug-likeness (QED) is 0.651. The second kappa shape index (κ2) is 6.19. The van der Waals surface area contributed by atoms with Gasteiger partial charge in [0.15, 0.2) is 0 Å². The SMILES string of the molecule is COc1c(C(Cc2cccs2)NN)ccc(C)c1C. The van der Waals surface area contributed by atoms with E-state index in [1.165, 1.54) is 16.0 Å². The van der Waals surface area contributed by atoms with Crippen LogP contribution in [0, 0.1) is 13.8 Å². The largest absolute Gasteiger partial charge is 0.496 e. The smallest absolute Gasteiger partial charge is 0.126 e. The normalized spacial score (nSPS) is 12.4. The maximum Gasteiger partial charge on any atom is 0.126 e. The van der Waals surface area contributed by atoms with Crippen molar-refractivity contribution in [3.63, 3.8) is 0 Å². The molecule has 0 aliphatic rings. The summed E-state index contributed by atoms with van der Waals surface area (Å²) in [5, 5.41) is 2.08. The van der Waals surface area contributed by atoms with Crippen molar-refractivity contribution in [1.82, 2.24) is 5.43 Å². The summed E-state index contributed by atoms with van der Waals surface area (Å²) >= 11 is 1.75. The first kappa shape index (κ1) is 14.1. The van der Waals surface area contributed by atoms with Crippen molar-refractivity contribution < 1.29 is 4.74 Å². The molecule has 0 bridgehead atoms. The van der Waals surface area contributed by atoms with Crippen molar-refractivity contribution in [1.29, 1.82) is 0 Å². The number of aryl methyl sites for hydroxylation is 1. The van der Waals surface area contributed by atoms with Crippen LogP contribution in [-0.2, 0) is 6.42 Å². The molecule has 19 heavy (non-hydrogen) atoms. The van der Waals surface area contributed by atoms with Crippen LogP contribution in [0.2, 0.25) is 0 Å². The molecule has 4 heteroatoms. The highest BCUT2D eigenvalue weighted by atomic mass is 32.1. The summed E-state index contributed by atoms with van der Waals surface area (Å²) < 4.78 is 5.57. The number of thiophene rings is 1. The van der Waals surface area contributed by atoms with Crippen molar-refractivity contribution in [2.24, 2.45) is 5.84 Å². The Bertz CT molecular complexity index is 537. The Hall–Kier alpha value is -1.36. The lowest BCUT2D eigenvalue weighted by Gasteiger charge is -2.21. The topological polar surface area (TPSA) is 47.3 Å². The monoisotopic (exact) mass is 276 g/mol. The molecule has 102 valence electrons. The van der Waals surface area contributed by atoms with E-state index in [1.54, 1.807) is 18.4 Å². The third-order valence-corrected chi connectivity index (χ3v) is 4.37. The molecule has 0 spiro atoms. The molecule has 3 N–H and O–H groups in total. The summed E-state index contributed by atoms with van der Waals surface area (Å²) in [6.45, 7) is 4.17. The average Bonchev–Trinajstić information content (AvgIpc) is 2.92. The first-order valence-electron chi connectivity index (χ1n) is 6.30. The number of hydrazine groups is 1. The fraction of sp³-hybridized carbons (Fsp3) is 0.333. The van der Waals surface area contributed by atoms with Crippen LogP contribution in [0.25, 0.3) is 0 Å². The van der Waals surface area contributed by atoms with Crippen molar-refractivity contribution in [2.75, 3.05) is 7.11 Å². The Balaban J connectivity index is 2.35. The number of nitrogens with two attached hydrogens (primary N) is 1. The highest BCUT2D eigenvalue weighted by molar-refractivity contribution is 7.09. The van der Waals surface area contributed by atoms with Gasteiger partial charge < -0.3 is 4.74 Å². The minimum atomic E-state index is 0.0629. The molecule has 3 nitrogen and oxygen atoms in total. The molecule has 0 saturated carbocycles. The fourth-order valence-corrected chi connectivity index (χ4v) is 3.00. The van der Waals surface area contributed by atoms with Crippen LogP contribution < -0.4 is 16.0 Å². The lowest BCUT2D eigenvalue weighted by molar-refractivity contribution is 0.396. The van der Waals surface area contributed by atoms with Gasteiger partial charge in [-0.15, -0.1) is 11.3 Å². The van der Waals surface area contributed by atoms with Crippen LogP contribution in [0.1, 0.15) is 27.6 Å². The van der Waals surface area contributed by atoms with Gasteiger partial charge in [0.1, 0.15) is 5.75 Å². The zero-order valence-corrected chi connectivity index (χ0v) is 12.4. The third-order valence-electron chi connectivity index (χ3n) is 3.47. The van der Waals surface area contributed by atoms with E-state index in [1.807, 2.05) is 0 Å². The molecule has 1 aromatic carbocycles. The second-order valence-electron chi connectivity index (χ2n) is 4.63. The van der Waals surface area contributed by atoms with Crippen LogP contribution >= 0.6 is 11.3 Å². The van der Waals surface area contributed by atoms with Gasteiger partial charge in [-0.25, -0.2) is 0 Å². The maximum atomic E-state index is 5.73. The first-order valence-corrected chi connectivity index (χ1v) is 7.18. The van der Waals surface area contributed by atoms with E-state index < -0.39 is 0 Å². The van der Waals surface area contributed by atoms with Gasteiger partial charge in [-0.05, 0) is 36.4 Å². The van der Waals surface area contributed by atoms with Gasteiger partial charge in [-0.1, -0.05) is 18.2 Å². The molecule has 1 aromatic heterocycles. The summed E-state index contributed by atoms with van der Waals surface area (Å²) in [5.74, 6) is 6.66. The van der Waals surface area contributed by atoms with Gasteiger partial charge in [-0.3, -0.25) is 11.3 Å². The van der Waals surface area contributed by atoms with Crippen molar-refractivity contribution >= 4 is 11.3 Å². The van der Waals surface area contributed by atoms with E-state index in [2.05, 4.69) is 48.9 Å². The lowest BCUT2D eigenvalue weighted by atomic mass is 9.97. The van der Waals surface area contributed by atoms with Crippen LogP contribution in [0.5, 0.6) is 5.75 Å². The van der Waals surface area contributed by atoms with Gasteiger partial charge >= 0.3 is 0 Å². The summed E-state index contributed by atoms with van der Waals surface area (Å²) in [6, 6.07) is 8.46. The number of rotatable bonds is 5. The van der Waals surface area contributed by atoms with E-state index in [0.29, 0.717) is 0 Å². The molecule has 2 aromatic rings. The predicted octanol–water partition coefficient (Wildman–Crippen LogP) is 3.12. The third kappa shape index (κ3) is 2.97. The van der Waals surface area contributed by atoms with Crippen molar-refractivity contribution in [2.45, 2.75) is 26.3 Å². The lowest BCUT2D eigenvalue weighted by Crippen LogP contribution is -2.29. The standard InChI is InChI=1S/C15H20N2OS/c1-10-6-7-13(15(18-3)11(10)2)14(17-16)9-12-5-4-8-19-12/h4-8,14,17H,9,16H2,1-3H3. The number of benzene rings is 1.